The molecular formula is C16H20N6O3. The first-order chi connectivity index (χ1) is 11.9. The molecule has 1 atom stereocenters. The van der Waals surface area contributed by atoms with E-state index >= 15 is 0 Å². The average molecular weight is 344 g/mol. The van der Waals surface area contributed by atoms with Crippen LogP contribution in [0.15, 0.2) is 28.0 Å². The van der Waals surface area contributed by atoms with Crippen molar-refractivity contribution in [3.63, 3.8) is 0 Å². The predicted molar refractivity (Wildman–Crippen MR) is 91.5 cm³/mol. The molecule has 2 aromatic heterocycles. The van der Waals surface area contributed by atoms with E-state index in [2.05, 4.69) is 15.3 Å². The van der Waals surface area contributed by atoms with Crippen molar-refractivity contribution >= 4 is 11.7 Å². The van der Waals surface area contributed by atoms with Crippen LogP contribution in [0.3, 0.4) is 0 Å². The van der Waals surface area contributed by atoms with E-state index in [1.54, 1.807) is 24.3 Å². The van der Waals surface area contributed by atoms with Crippen LogP contribution in [-0.4, -0.2) is 43.5 Å². The van der Waals surface area contributed by atoms with Gasteiger partial charge in [0.2, 0.25) is 0 Å². The molecular weight excluding hydrogens is 324 g/mol. The Bertz CT molecular complexity index is 932. The molecule has 9 heteroatoms. The van der Waals surface area contributed by atoms with Crippen LogP contribution in [0.2, 0.25) is 0 Å². The fraction of sp³-hybridized carbons (Fsp3) is 0.438. The lowest BCUT2D eigenvalue weighted by molar-refractivity contribution is 0.0720. The normalized spacial score (nSPS) is 16.9. The molecule has 0 saturated carbocycles. The highest BCUT2D eigenvalue weighted by Crippen LogP contribution is 2.31. The zero-order valence-corrected chi connectivity index (χ0v) is 14.4. The van der Waals surface area contributed by atoms with Crippen LogP contribution in [0, 0.1) is 0 Å². The highest BCUT2D eigenvalue weighted by atomic mass is 16.2. The Morgan fingerprint density at radius 3 is 2.72 bits per heavy atom. The Labute approximate surface area is 143 Å². The van der Waals surface area contributed by atoms with Crippen molar-refractivity contribution in [3.8, 4) is 0 Å². The van der Waals surface area contributed by atoms with Crippen molar-refractivity contribution in [2.75, 3.05) is 18.9 Å². The molecule has 9 nitrogen and oxygen atoms in total. The second-order valence-electron chi connectivity index (χ2n) is 6.00. The van der Waals surface area contributed by atoms with Crippen molar-refractivity contribution in [3.05, 3.63) is 50.7 Å². The summed E-state index contributed by atoms with van der Waals surface area (Å²) in [6, 6.07) is 0.974. The number of aromatic nitrogens is 4. The van der Waals surface area contributed by atoms with Gasteiger partial charge < -0.3 is 10.2 Å². The van der Waals surface area contributed by atoms with Gasteiger partial charge in [0.05, 0.1) is 24.1 Å². The first-order valence-electron chi connectivity index (χ1n) is 8.01. The minimum Gasteiger partial charge on any atom is -0.372 e. The van der Waals surface area contributed by atoms with Gasteiger partial charge in [-0.25, -0.2) is 9.78 Å². The molecule has 1 aliphatic heterocycles. The maximum Gasteiger partial charge on any atom is 0.331 e. The number of amides is 1. The molecule has 132 valence electrons. The lowest BCUT2D eigenvalue weighted by Crippen LogP contribution is -2.42. The summed E-state index contributed by atoms with van der Waals surface area (Å²) >= 11 is 0. The molecule has 0 unspecified atom stereocenters. The molecule has 1 fully saturated rings. The van der Waals surface area contributed by atoms with Gasteiger partial charge in [0, 0.05) is 33.8 Å². The van der Waals surface area contributed by atoms with Crippen molar-refractivity contribution in [1.29, 1.82) is 0 Å². The molecule has 3 heterocycles. The smallest absolute Gasteiger partial charge is 0.331 e. The Morgan fingerprint density at radius 2 is 2.00 bits per heavy atom. The molecule has 25 heavy (non-hydrogen) atoms. The molecule has 1 N–H and O–H groups in total. The lowest BCUT2D eigenvalue weighted by atomic mass is 10.1. The summed E-state index contributed by atoms with van der Waals surface area (Å²) in [7, 11) is 4.62. The van der Waals surface area contributed by atoms with Gasteiger partial charge in [0.1, 0.15) is 11.5 Å². The Kier molecular flexibility index (Phi) is 4.39. The number of rotatable bonds is 3. The molecule has 1 aliphatic rings. The summed E-state index contributed by atoms with van der Waals surface area (Å²) in [6.07, 6.45) is 4.82. The third-order valence-corrected chi connectivity index (χ3v) is 4.51. The highest BCUT2D eigenvalue weighted by Gasteiger charge is 2.33. The van der Waals surface area contributed by atoms with Crippen LogP contribution in [0.4, 0.5) is 5.82 Å². The summed E-state index contributed by atoms with van der Waals surface area (Å²) in [5, 5.41) is 2.93. The highest BCUT2D eigenvalue weighted by molar-refractivity contribution is 5.93. The maximum atomic E-state index is 13.0. The number of hydrogen-bond acceptors (Lipinski definition) is 6. The molecule has 0 bridgehead atoms. The third-order valence-electron chi connectivity index (χ3n) is 4.51. The first kappa shape index (κ1) is 16.9. The van der Waals surface area contributed by atoms with E-state index in [1.165, 1.54) is 24.7 Å². The van der Waals surface area contributed by atoms with Crippen molar-refractivity contribution in [2.45, 2.75) is 18.9 Å². The van der Waals surface area contributed by atoms with Crippen LogP contribution in [0.25, 0.3) is 0 Å². The molecule has 0 aromatic carbocycles. The fourth-order valence-corrected chi connectivity index (χ4v) is 3.06. The number of likely N-dealkylation sites (tertiary alicyclic amines) is 1. The molecule has 1 saturated heterocycles. The SMILES string of the molecule is CNc1cncc([C@H]2CCCN2C(=O)c2cc(=O)n(C)c(=O)n2C)n1. The number of carbonyl (C=O) groups excluding carboxylic acids is 1. The van der Waals surface area contributed by atoms with E-state index in [-0.39, 0.29) is 17.6 Å². The summed E-state index contributed by atoms with van der Waals surface area (Å²) in [5.41, 5.74) is -0.257. The molecule has 0 aliphatic carbocycles. The van der Waals surface area contributed by atoms with Crippen molar-refractivity contribution < 1.29 is 4.79 Å². The Hall–Kier alpha value is -2.97. The summed E-state index contributed by atoms with van der Waals surface area (Å²) < 4.78 is 2.18. The van der Waals surface area contributed by atoms with Crippen LogP contribution in [-0.2, 0) is 14.1 Å². The summed E-state index contributed by atoms with van der Waals surface area (Å²) in [4.78, 5) is 47.3. The molecule has 3 rings (SSSR count). The largest absolute Gasteiger partial charge is 0.372 e. The number of nitrogens with one attached hydrogen (secondary N) is 1. The maximum absolute atomic E-state index is 13.0. The second kappa shape index (κ2) is 6.50. The van der Waals surface area contributed by atoms with E-state index in [4.69, 9.17) is 0 Å². The minimum atomic E-state index is -0.524. The van der Waals surface area contributed by atoms with Crippen LogP contribution in [0.1, 0.15) is 35.1 Å². The van der Waals surface area contributed by atoms with Gasteiger partial charge in [-0.2, -0.15) is 0 Å². The third kappa shape index (κ3) is 2.92. The zero-order valence-electron chi connectivity index (χ0n) is 14.4. The minimum absolute atomic E-state index is 0.0812. The quantitative estimate of drug-likeness (QED) is 0.834. The van der Waals surface area contributed by atoms with E-state index < -0.39 is 11.2 Å². The van der Waals surface area contributed by atoms with Crippen molar-refractivity contribution in [2.24, 2.45) is 14.1 Å². The van der Waals surface area contributed by atoms with Gasteiger partial charge in [-0.15, -0.1) is 0 Å². The standard InChI is InChI=1S/C16H20N6O3/c1-17-13-9-18-8-10(19-13)11-5-4-6-22(11)15(24)12-7-14(23)21(3)16(25)20(12)2/h7-9,11H,4-6H2,1-3H3,(H,17,19)/t11-/m1/s1. The van der Waals surface area contributed by atoms with Gasteiger partial charge in [0.25, 0.3) is 11.5 Å². The molecule has 0 spiro atoms. The number of carbonyl (C=O) groups is 1. The average Bonchev–Trinajstić information content (AvgIpc) is 3.12. The van der Waals surface area contributed by atoms with E-state index in [0.29, 0.717) is 18.1 Å². The van der Waals surface area contributed by atoms with Crippen molar-refractivity contribution in [1.82, 2.24) is 24.0 Å². The Balaban J connectivity index is 1.99. The van der Waals surface area contributed by atoms with Crippen LogP contribution in [0.5, 0.6) is 0 Å². The van der Waals surface area contributed by atoms with Crippen LogP contribution < -0.4 is 16.6 Å². The first-order valence-corrected chi connectivity index (χ1v) is 8.01. The van der Waals surface area contributed by atoms with Gasteiger partial charge in [-0.1, -0.05) is 0 Å². The number of hydrogen-bond donors (Lipinski definition) is 1. The monoisotopic (exact) mass is 344 g/mol. The van der Waals surface area contributed by atoms with Gasteiger partial charge in [0.15, 0.2) is 0 Å². The van der Waals surface area contributed by atoms with E-state index in [0.717, 1.165) is 17.4 Å². The Morgan fingerprint density at radius 1 is 1.24 bits per heavy atom. The lowest BCUT2D eigenvalue weighted by Gasteiger charge is -2.25. The van der Waals surface area contributed by atoms with Gasteiger partial charge in [-0.3, -0.25) is 23.7 Å². The summed E-state index contributed by atoms with van der Waals surface area (Å²) in [6.45, 7) is 0.540. The van der Waals surface area contributed by atoms with Crippen LogP contribution >= 0.6 is 0 Å². The molecule has 0 radical (unpaired) electrons. The summed E-state index contributed by atoms with van der Waals surface area (Å²) in [5.74, 6) is 0.272. The second-order valence-corrected chi connectivity index (χ2v) is 6.00. The zero-order chi connectivity index (χ0) is 18.1. The predicted octanol–water partition coefficient (Wildman–Crippen LogP) is -0.107. The van der Waals surface area contributed by atoms with E-state index in [1.807, 2.05) is 0 Å². The molecule has 2 aromatic rings. The van der Waals surface area contributed by atoms with Gasteiger partial charge >= 0.3 is 5.69 Å². The number of nitrogens with zero attached hydrogens (tertiary/aromatic N) is 5. The topological polar surface area (TPSA) is 102 Å². The number of anilines is 1. The molecule has 1 amide bonds. The van der Waals surface area contributed by atoms with E-state index in [9.17, 15) is 14.4 Å². The van der Waals surface area contributed by atoms with Gasteiger partial charge in [-0.05, 0) is 12.8 Å². The fourth-order valence-electron chi connectivity index (χ4n) is 3.06.